The predicted molar refractivity (Wildman–Crippen MR) is 123 cm³/mol. The van der Waals surface area contributed by atoms with Crippen molar-refractivity contribution in [3.8, 4) is 28.7 Å². The molecule has 2 aromatic carbocycles. The number of aryl methyl sites for hydroxylation is 1. The van der Waals surface area contributed by atoms with Crippen molar-refractivity contribution in [3.63, 3.8) is 0 Å². The van der Waals surface area contributed by atoms with Gasteiger partial charge in [-0.2, -0.15) is 0 Å². The van der Waals surface area contributed by atoms with Crippen LogP contribution in [-0.2, 0) is 4.74 Å². The number of carbonyl (C=O) groups is 1. The molecule has 0 fully saturated rings. The second kappa shape index (κ2) is 10.2. The quantitative estimate of drug-likeness (QED) is 0.369. The summed E-state index contributed by atoms with van der Waals surface area (Å²) in [5, 5.41) is 12.9. The number of hydrogen-bond donors (Lipinski definition) is 1. The van der Waals surface area contributed by atoms with Gasteiger partial charge in [0.15, 0.2) is 5.13 Å². The number of benzene rings is 2. The topological polar surface area (TPSA) is 109 Å². The molecule has 0 aliphatic rings. The van der Waals surface area contributed by atoms with Crippen molar-refractivity contribution in [2.45, 2.75) is 20.0 Å². The molecule has 1 N–H and O–H groups in total. The molecule has 4 aromatic rings. The molecule has 0 radical (unpaired) electrons. The van der Waals surface area contributed by atoms with Crippen molar-refractivity contribution in [1.29, 1.82) is 0 Å². The second-order valence-corrected chi connectivity index (χ2v) is 8.02. The van der Waals surface area contributed by atoms with Crippen molar-refractivity contribution in [2.75, 3.05) is 19.0 Å². The van der Waals surface area contributed by atoms with E-state index in [-0.39, 0.29) is 12.0 Å². The fourth-order valence-corrected chi connectivity index (χ4v) is 3.52. The van der Waals surface area contributed by atoms with Crippen molar-refractivity contribution >= 4 is 22.4 Å². The molecule has 2 aromatic heterocycles. The fraction of sp³-hybridized carbons (Fsp3) is 0.217. The molecular formula is C23H22N4O5S. The molecule has 1 amide bonds. The number of carbonyl (C=O) groups excluding carboxylic acids is 1. The lowest BCUT2D eigenvalue weighted by Gasteiger charge is -2.16. The van der Waals surface area contributed by atoms with Gasteiger partial charge in [0.25, 0.3) is 5.91 Å². The van der Waals surface area contributed by atoms with E-state index in [1.54, 1.807) is 55.9 Å². The second-order valence-electron chi connectivity index (χ2n) is 7.12. The Morgan fingerprint density at radius 3 is 2.58 bits per heavy atom. The average molecular weight is 467 g/mol. The molecule has 0 saturated carbocycles. The minimum atomic E-state index is -0.318. The van der Waals surface area contributed by atoms with Crippen LogP contribution in [0.3, 0.4) is 0 Å². The summed E-state index contributed by atoms with van der Waals surface area (Å²) in [6.07, 6.45) is 1.41. The van der Waals surface area contributed by atoms with Crippen LogP contribution >= 0.6 is 11.3 Å². The predicted octanol–water partition coefficient (Wildman–Crippen LogP) is 4.96. The van der Waals surface area contributed by atoms with E-state index in [1.807, 2.05) is 19.1 Å². The van der Waals surface area contributed by atoms with Gasteiger partial charge in [-0.25, -0.2) is 4.98 Å². The lowest BCUT2D eigenvalue weighted by molar-refractivity contribution is 0.0916. The van der Waals surface area contributed by atoms with Crippen LogP contribution in [0.5, 0.6) is 17.2 Å². The maximum atomic E-state index is 12.8. The Morgan fingerprint density at radius 2 is 1.91 bits per heavy atom. The molecule has 1 atom stereocenters. The standard InChI is InChI=1S/C23H22N4O5S/c1-14(13-29-3)30-19-10-17(21(28)25-23-24-8-9-33-23)11-20(12-19)32-18-6-4-16(5-7-18)22-27-26-15(2)31-22/h4-12,14H,13H2,1-3H3,(H,24,25,28). The number of anilines is 1. The zero-order chi connectivity index (χ0) is 23.2. The van der Waals surface area contributed by atoms with E-state index in [2.05, 4.69) is 20.5 Å². The number of aromatic nitrogens is 3. The summed E-state index contributed by atoms with van der Waals surface area (Å²) in [6, 6.07) is 12.2. The molecule has 2 heterocycles. The monoisotopic (exact) mass is 466 g/mol. The third kappa shape index (κ3) is 5.93. The van der Waals surface area contributed by atoms with Gasteiger partial charge in [-0.1, -0.05) is 0 Å². The van der Waals surface area contributed by atoms with Gasteiger partial charge in [0.05, 0.1) is 6.61 Å². The molecule has 9 nitrogen and oxygen atoms in total. The van der Waals surface area contributed by atoms with E-state index < -0.39 is 0 Å². The molecule has 1 unspecified atom stereocenters. The molecule has 0 aliphatic heterocycles. The lowest BCUT2D eigenvalue weighted by Crippen LogP contribution is -2.18. The average Bonchev–Trinajstić information content (AvgIpc) is 3.46. The van der Waals surface area contributed by atoms with Crippen LogP contribution in [0.2, 0.25) is 0 Å². The Labute approximate surface area is 194 Å². The Morgan fingerprint density at radius 1 is 1.12 bits per heavy atom. The van der Waals surface area contributed by atoms with Crippen LogP contribution in [0.1, 0.15) is 23.2 Å². The van der Waals surface area contributed by atoms with Gasteiger partial charge in [-0.15, -0.1) is 21.5 Å². The lowest BCUT2D eigenvalue weighted by atomic mass is 10.1. The van der Waals surface area contributed by atoms with Crippen LogP contribution in [-0.4, -0.2) is 40.9 Å². The first-order chi connectivity index (χ1) is 16.0. The highest BCUT2D eigenvalue weighted by Crippen LogP contribution is 2.30. The number of amides is 1. The van der Waals surface area contributed by atoms with Crippen molar-refractivity contribution in [1.82, 2.24) is 15.2 Å². The van der Waals surface area contributed by atoms with Crippen molar-refractivity contribution < 1.29 is 23.4 Å². The summed E-state index contributed by atoms with van der Waals surface area (Å²) in [4.78, 5) is 16.9. The van der Waals surface area contributed by atoms with Crippen molar-refractivity contribution in [3.05, 3.63) is 65.5 Å². The van der Waals surface area contributed by atoms with Gasteiger partial charge in [0, 0.05) is 42.8 Å². The van der Waals surface area contributed by atoms with Gasteiger partial charge in [0.2, 0.25) is 11.8 Å². The zero-order valence-corrected chi connectivity index (χ0v) is 19.1. The Kier molecular flexibility index (Phi) is 6.96. The highest BCUT2D eigenvalue weighted by Gasteiger charge is 2.14. The number of nitrogens with zero attached hydrogens (tertiary/aromatic N) is 3. The molecule has 0 bridgehead atoms. The SMILES string of the molecule is COCC(C)Oc1cc(Oc2ccc(-c3nnc(C)o3)cc2)cc(C(=O)Nc2nccs2)c1. The van der Waals surface area contributed by atoms with Crippen LogP contribution < -0.4 is 14.8 Å². The van der Waals surface area contributed by atoms with E-state index >= 15 is 0 Å². The fourth-order valence-electron chi connectivity index (χ4n) is 3.00. The molecule has 4 rings (SSSR count). The summed E-state index contributed by atoms with van der Waals surface area (Å²) in [7, 11) is 1.60. The normalized spacial score (nSPS) is 11.7. The number of hydrogen-bond acceptors (Lipinski definition) is 9. The highest BCUT2D eigenvalue weighted by atomic mass is 32.1. The summed E-state index contributed by atoms with van der Waals surface area (Å²) >= 11 is 1.34. The van der Waals surface area contributed by atoms with Crippen molar-refractivity contribution in [2.24, 2.45) is 0 Å². The van der Waals surface area contributed by atoms with Gasteiger partial charge < -0.3 is 18.6 Å². The van der Waals surface area contributed by atoms with Crippen LogP contribution in [0.25, 0.3) is 11.5 Å². The first-order valence-electron chi connectivity index (χ1n) is 10.1. The zero-order valence-electron chi connectivity index (χ0n) is 18.3. The number of thiazole rings is 1. The van der Waals surface area contributed by atoms with Gasteiger partial charge >= 0.3 is 0 Å². The number of nitrogens with one attached hydrogen (secondary N) is 1. The first-order valence-corrected chi connectivity index (χ1v) is 11.0. The molecule has 0 aliphatic carbocycles. The largest absolute Gasteiger partial charge is 0.488 e. The third-order valence-electron chi connectivity index (χ3n) is 4.40. The van der Waals surface area contributed by atoms with E-state index in [0.29, 0.717) is 46.3 Å². The first kappa shape index (κ1) is 22.4. The van der Waals surface area contributed by atoms with Crippen LogP contribution in [0.4, 0.5) is 5.13 Å². The minimum absolute atomic E-state index is 0.211. The van der Waals surface area contributed by atoms with Gasteiger partial charge in [0.1, 0.15) is 23.4 Å². The number of ether oxygens (including phenoxy) is 3. The number of methoxy groups -OCH3 is 1. The Hall–Kier alpha value is -3.76. The molecule has 0 saturated heterocycles. The molecular weight excluding hydrogens is 444 g/mol. The third-order valence-corrected chi connectivity index (χ3v) is 5.09. The maximum Gasteiger partial charge on any atom is 0.257 e. The molecule has 10 heteroatoms. The summed E-state index contributed by atoms with van der Waals surface area (Å²) in [6.45, 7) is 4.02. The maximum absolute atomic E-state index is 12.8. The van der Waals surface area contributed by atoms with E-state index in [9.17, 15) is 4.79 Å². The number of rotatable bonds is 9. The Bertz CT molecular complexity index is 1210. The van der Waals surface area contributed by atoms with Gasteiger partial charge in [-0.3, -0.25) is 10.1 Å². The molecule has 0 spiro atoms. The highest BCUT2D eigenvalue weighted by molar-refractivity contribution is 7.13. The minimum Gasteiger partial charge on any atom is -0.488 e. The molecule has 33 heavy (non-hydrogen) atoms. The van der Waals surface area contributed by atoms with Crippen LogP contribution in [0.15, 0.2) is 58.5 Å². The summed E-state index contributed by atoms with van der Waals surface area (Å²) < 4.78 is 22.5. The van der Waals surface area contributed by atoms with E-state index in [0.717, 1.165) is 5.56 Å². The smallest absolute Gasteiger partial charge is 0.257 e. The molecule has 170 valence electrons. The van der Waals surface area contributed by atoms with E-state index in [1.165, 1.54) is 11.3 Å². The van der Waals surface area contributed by atoms with Gasteiger partial charge in [-0.05, 0) is 43.3 Å². The van der Waals surface area contributed by atoms with E-state index in [4.69, 9.17) is 18.6 Å². The van der Waals surface area contributed by atoms with Crippen LogP contribution in [0, 0.1) is 6.92 Å². The summed E-state index contributed by atoms with van der Waals surface area (Å²) in [5.74, 6) is 2.11. The Balaban J connectivity index is 1.56. The summed E-state index contributed by atoms with van der Waals surface area (Å²) in [5.41, 5.74) is 1.15.